The van der Waals surface area contributed by atoms with Crippen LogP contribution in [-0.2, 0) is 6.54 Å². The minimum absolute atomic E-state index is 0.162. The van der Waals surface area contributed by atoms with Gasteiger partial charge in [0.25, 0.3) is 0 Å². The van der Waals surface area contributed by atoms with E-state index in [1.807, 2.05) is 19.3 Å². The highest BCUT2D eigenvalue weighted by Gasteiger charge is 2.53. The second-order valence-corrected chi connectivity index (χ2v) is 7.09. The van der Waals surface area contributed by atoms with Crippen LogP contribution in [0.1, 0.15) is 18.4 Å². The molecule has 0 atom stereocenters. The van der Waals surface area contributed by atoms with Crippen molar-refractivity contribution < 1.29 is 17.9 Å². The first-order valence-corrected chi connectivity index (χ1v) is 8.85. The lowest BCUT2D eigenvalue weighted by molar-refractivity contribution is -0.274. The molecule has 144 valence electrons. The lowest BCUT2D eigenvalue weighted by Crippen LogP contribution is -2.32. The molecule has 1 aliphatic heterocycles. The first-order chi connectivity index (χ1) is 12.9. The highest BCUT2D eigenvalue weighted by molar-refractivity contribution is 5.52. The van der Waals surface area contributed by atoms with Crippen LogP contribution in [0.3, 0.4) is 0 Å². The summed E-state index contributed by atoms with van der Waals surface area (Å²) in [5.41, 5.74) is 3.27. The van der Waals surface area contributed by atoms with Crippen LogP contribution in [0.15, 0.2) is 42.7 Å². The second kappa shape index (κ2) is 6.60. The predicted molar refractivity (Wildman–Crippen MR) is 96.6 cm³/mol. The molecule has 2 fully saturated rings. The molecule has 2 aliphatic rings. The zero-order valence-corrected chi connectivity index (χ0v) is 15.0. The quantitative estimate of drug-likeness (QED) is 0.856. The van der Waals surface area contributed by atoms with Gasteiger partial charge in [0.15, 0.2) is 0 Å². The zero-order chi connectivity index (χ0) is 19.1. The van der Waals surface area contributed by atoms with E-state index in [9.17, 15) is 13.2 Å². The number of ether oxygens (including phenoxy) is 1. The number of alkyl halides is 3. The van der Waals surface area contributed by atoms with Gasteiger partial charge in [-0.05, 0) is 48.7 Å². The third-order valence-electron chi connectivity index (χ3n) is 5.30. The predicted octanol–water partition coefficient (Wildman–Crippen LogP) is 3.83. The van der Waals surface area contributed by atoms with Crippen molar-refractivity contribution in [2.45, 2.75) is 31.3 Å². The van der Waals surface area contributed by atoms with Gasteiger partial charge >= 0.3 is 6.36 Å². The monoisotopic (exact) mass is 378 g/mol. The van der Waals surface area contributed by atoms with Crippen molar-refractivity contribution >= 4 is 11.4 Å². The largest absolute Gasteiger partial charge is 0.573 e. The summed E-state index contributed by atoms with van der Waals surface area (Å²) in [4.78, 5) is 8.82. The standard InChI is InChI=1S/C19H21F3N4O/c1-23-17-10-24-9-6-14(17)11-26-13-25(12-18(26)7-8-18)15-2-4-16(5-3-15)27-19(20,21)22/h2-6,9-10,23H,7-8,11-13H2,1H3. The third-order valence-corrected chi connectivity index (χ3v) is 5.30. The van der Waals surface area contributed by atoms with Gasteiger partial charge in [-0.2, -0.15) is 0 Å². The van der Waals surface area contributed by atoms with E-state index in [-0.39, 0.29) is 11.3 Å². The van der Waals surface area contributed by atoms with Gasteiger partial charge in [-0.3, -0.25) is 9.88 Å². The number of hydrogen-bond donors (Lipinski definition) is 1. The third kappa shape index (κ3) is 3.80. The van der Waals surface area contributed by atoms with Gasteiger partial charge < -0.3 is 15.0 Å². The molecule has 0 radical (unpaired) electrons. The van der Waals surface area contributed by atoms with E-state index < -0.39 is 6.36 Å². The molecule has 1 saturated carbocycles. The molecule has 1 aliphatic carbocycles. The number of aromatic nitrogens is 1. The molecule has 5 nitrogen and oxygen atoms in total. The molecule has 0 amide bonds. The number of benzene rings is 1. The molecule has 2 heterocycles. The van der Waals surface area contributed by atoms with Crippen molar-refractivity contribution in [3.05, 3.63) is 48.3 Å². The maximum atomic E-state index is 12.3. The van der Waals surface area contributed by atoms with Crippen molar-refractivity contribution in [1.82, 2.24) is 9.88 Å². The molecule has 0 unspecified atom stereocenters. The van der Waals surface area contributed by atoms with E-state index in [1.165, 1.54) is 17.7 Å². The molecule has 27 heavy (non-hydrogen) atoms. The highest BCUT2D eigenvalue weighted by Crippen LogP contribution is 2.48. The van der Waals surface area contributed by atoms with E-state index in [1.54, 1.807) is 18.3 Å². The van der Waals surface area contributed by atoms with E-state index in [0.29, 0.717) is 0 Å². The van der Waals surface area contributed by atoms with Crippen LogP contribution in [0.5, 0.6) is 5.75 Å². The Labute approximate surface area is 155 Å². The fourth-order valence-corrected chi connectivity index (χ4v) is 3.72. The summed E-state index contributed by atoms with van der Waals surface area (Å²) >= 11 is 0. The van der Waals surface area contributed by atoms with Crippen LogP contribution in [0.25, 0.3) is 0 Å². The Morgan fingerprint density at radius 1 is 1.19 bits per heavy atom. The number of rotatable bonds is 5. The molecular weight excluding hydrogens is 357 g/mol. The Kier molecular flexibility index (Phi) is 4.38. The summed E-state index contributed by atoms with van der Waals surface area (Å²) in [6.45, 7) is 2.43. The van der Waals surface area contributed by atoms with E-state index in [4.69, 9.17) is 0 Å². The highest BCUT2D eigenvalue weighted by atomic mass is 19.4. The molecule has 1 aromatic carbocycles. The molecule has 1 N–H and O–H groups in total. The molecule has 1 saturated heterocycles. The number of nitrogens with one attached hydrogen (secondary N) is 1. The summed E-state index contributed by atoms with van der Waals surface area (Å²) in [5.74, 6) is -0.195. The van der Waals surface area contributed by atoms with Gasteiger partial charge in [-0.15, -0.1) is 13.2 Å². The van der Waals surface area contributed by atoms with Crippen LogP contribution >= 0.6 is 0 Å². The summed E-state index contributed by atoms with van der Waals surface area (Å²) in [7, 11) is 1.88. The van der Waals surface area contributed by atoms with Gasteiger partial charge in [-0.1, -0.05) is 0 Å². The Morgan fingerprint density at radius 2 is 1.93 bits per heavy atom. The normalized spacial score (nSPS) is 18.7. The van der Waals surface area contributed by atoms with E-state index in [2.05, 4.69) is 24.8 Å². The summed E-state index contributed by atoms with van der Waals surface area (Å²) in [5, 5.41) is 3.18. The topological polar surface area (TPSA) is 40.6 Å². The molecule has 1 aromatic heterocycles. The van der Waals surface area contributed by atoms with Gasteiger partial charge in [0.1, 0.15) is 5.75 Å². The summed E-state index contributed by atoms with van der Waals surface area (Å²) < 4.78 is 40.9. The molecule has 8 heteroatoms. The zero-order valence-electron chi connectivity index (χ0n) is 15.0. The van der Waals surface area contributed by atoms with Crippen LogP contribution in [-0.4, -0.2) is 42.0 Å². The van der Waals surface area contributed by atoms with Crippen LogP contribution in [0.4, 0.5) is 24.5 Å². The number of anilines is 2. The Morgan fingerprint density at radius 3 is 2.56 bits per heavy atom. The Hall–Kier alpha value is -2.48. The van der Waals surface area contributed by atoms with Gasteiger partial charge in [0, 0.05) is 37.6 Å². The van der Waals surface area contributed by atoms with Crippen molar-refractivity contribution in [3.63, 3.8) is 0 Å². The van der Waals surface area contributed by atoms with Crippen molar-refractivity contribution in [2.75, 3.05) is 30.5 Å². The minimum atomic E-state index is -4.67. The first-order valence-electron chi connectivity index (χ1n) is 8.85. The maximum Gasteiger partial charge on any atom is 0.573 e. The van der Waals surface area contributed by atoms with Gasteiger partial charge in [0.2, 0.25) is 0 Å². The molecule has 1 spiro atoms. The summed E-state index contributed by atoms with van der Waals surface area (Å²) in [6, 6.07) is 8.13. The van der Waals surface area contributed by atoms with Gasteiger partial charge in [-0.25, -0.2) is 0 Å². The average molecular weight is 378 g/mol. The van der Waals surface area contributed by atoms with Crippen LogP contribution in [0.2, 0.25) is 0 Å². The first kappa shape index (κ1) is 17.9. The van der Waals surface area contributed by atoms with Crippen molar-refractivity contribution in [2.24, 2.45) is 0 Å². The number of pyridine rings is 1. The van der Waals surface area contributed by atoms with Gasteiger partial charge in [0.05, 0.1) is 18.6 Å². The second-order valence-electron chi connectivity index (χ2n) is 7.09. The minimum Gasteiger partial charge on any atom is -0.406 e. The van der Waals surface area contributed by atoms with Crippen LogP contribution < -0.4 is 15.0 Å². The Balaban J connectivity index is 1.47. The number of nitrogens with zero attached hydrogens (tertiary/aromatic N) is 3. The Bertz CT molecular complexity index is 805. The smallest absolute Gasteiger partial charge is 0.406 e. The SMILES string of the molecule is CNc1cnccc1CN1CN(c2ccc(OC(F)(F)F)cc2)CC12CC2. The van der Waals surface area contributed by atoms with E-state index in [0.717, 1.165) is 44.0 Å². The maximum absolute atomic E-state index is 12.3. The van der Waals surface area contributed by atoms with Crippen LogP contribution in [0, 0.1) is 0 Å². The lowest BCUT2D eigenvalue weighted by atomic mass is 10.1. The fraction of sp³-hybridized carbons (Fsp3) is 0.421. The van der Waals surface area contributed by atoms with Crippen molar-refractivity contribution in [3.8, 4) is 5.75 Å². The lowest BCUT2D eigenvalue weighted by Gasteiger charge is -2.23. The number of halogens is 3. The molecular formula is C19H21F3N4O. The van der Waals surface area contributed by atoms with E-state index >= 15 is 0 Å². The molecule has 4 rings (SSSR count). The average Bonchev–Trinajstić information content (AvgIpc) is 3.32. The fourth-order valence-electron chi connectivity index (χ4n) is 3.72. The molecule has 0 bridgehead atoms. The summed E-state index contributed by atoms with van der Waals surface area (Å²) in [6.07, 6.45) is 1.22. The molecule has 2 aromatic rings. The number of hydrogen-bond acceptors (Lipinski definition) is 5. The van der Waals surface area contributed by atoms with Crippen molar-refractivity contribution in [1.29, 1.82) is 0 Å².